The standard InChI is InChI=1S/C21H34F2N2O5S/c1-18(2)11-19(3,4)13-20(26,12-18)21(22,23)14-25-8-5-6-17(25)16-10-15(30-24-16)7-9-31(27,28)29/h10,17,26H,5-9,11-14H2,1-4H3,(H,27,28,29)/p-1/t17-/m0/s1. The SMILES string of the molecule is CC1(C)CC(C)(C)CC(O)(C(F)(F)CN2CCC[C@H]2c2cc(CCS(=O)(=O)[O-])on2)C1. The zero-order chi connectivity index (χ0) is 23.3. The third kappa shape index (κ3) is 5.83. The van der Waals surface area contributed by atoms with Gasteiger partial charge in [0, 0.05) is 18.2 Å². The van der Waals surface area contributed by atoms with E-state index in [2.05, 4.69) is 5.16 Å². The van der Waals surface area contributed by atoms with Crippen LogP contribution in [-0.2, 0) is 16.5 Å². The smallest absolute Gasteiger partial charge is 0.288 e. The molecule has 178 valence electrons. The van der Waals surface area contributed by atoms with Gasteiger partial charge in [-0.05, 0) is 49.5 Å². The molecule has 0 amide bonds. The molecule has 1 saturated heterocycles. The number of rotatable bonds is 7. The van der Waals surface area contributed by atoms with Gasteiger partial charge in [0.15, 0.2) is 0 Å². The number of likely N-dealkylation sites (tertiary alicyclic amines) is 1. The first-order valence-corrected chi connectivity index (χ1v) is 12.3. The highest BCUT2D eigenvalue weighted by atomic mass is 32.2. The molecule has 0 unspecified atom stereocenters. The molecule has 2 heterocycles. The van der Waals surface area contributed by atoms with E-state index >= 15 is 8.78 Å². The summed E-state index contributed by atoms with van der Waals surface area (Å²) in [5.74, 6) is -3.68. The molecule has 0 spiro atoms. The molecular weight excluding hydrogens is 430 g/mol. The molecule has 0 radical (unpaired) electrons. The molecule has 1 N–H and O–H groups in total. The van der Waals surface area contributed by atoms with E-state index in [1.807, 2.05) is 27.7 Å². The van der Waals surface area contributed by atoms with Gasteiger partial charge in [0.05, 0.1) is 22.7 Å². The van der Waals surface area contributed by atoms with Crippen molar-refractivity contribution in [2.75, 3.05) is 18.8 Å². The average molecular weight is 464 g/mol. The fraction of sp³-hybridized carbons (Fsp3) is 0.857. The third-order valence-electron chi connectivity index (χ3n) is 6.46. The largest absolute Gasteiger partial charge is 0.748 e. The fourth-order valence-corrected chi connectivity index (χ4v) is 6.36. The Labute approximate surface area is 182 Å². The lowest BCUT2D eigenvalue weighted by molar-refractivity contribution is -0.235. The average Bonchev–Trinajstić information content (AvgIpc) is 3.16. The van der Waals surface area contributed by atoms with Crippen molar-refractivity contribution in [2.45, 2.75) is 83.8 Å². The minimum Gasteiger partial charge on any atom is -0.748 e. The molecule has 2 aliphatic rings. The van der Waals surface area contributed by atoms with Gasteiger partial charge in [0.1, 0.15) is 17.1 Å². The van der Waals surface area contributed by atoms with Gasteiger partial charge < -0.3 is 14.2 Å². The van der Waals surface area contributed by atoms with Gasteiger partial charge >= 0.3 is 0 Å². The maximum Gasteiger partial charge on any atom is 0.288 e. The number of alkyl halides is 2. The maximum absolute atomic E-state index is 15.5. The molecular formula is C21H33F2N2O5S-. The van der Waals surface area contributed by atoms with E-state index in [-0.39, 0.29) is 25.0 Å². The number of hydrogen-bond donors (Lipinski definition) is 1. The summed E-state index contributed by atoms with van der Waals surface area (Å²) in [6.45, 7) is 7.55. The lowest BCUT2D eigenvalue weighted by atomic mass is 9.58. The molecule has 1 aromatic heterocycles. The Morgan fingerprint density at radius 2 is 1.87 bits per heavy atom. The first kappa shape index (κ1) is 24.5. The molecule has 1 aliphatic heterocycles. The molecule has 2 fully saturated rings. The van der Waals surface area contributed by atoms with Gasteiger partial charge in [-0.2, -0.15) is 0 Å². The van der Waals surface area contributed by atoms with Crippen molar-refractivity contribution in [3.63, 3.8) is 0 Å². The Morgan fingerprint density at radius 3 is 2.45 bits per heavy atom. The van der Waals surface area contributed by atoms with Gasteiger partial charge in [-0.15, -0.1) is 0 Å². The summed E-state index contributed by atoms with van der Waals surface area (Å²) < 4.78 is 68.7. The molecule has 1 aromatic rings. The molecule has 0 aromatic carbocycles. The predicted octanol–water partition coefficient (Wildman–Crippen LogP) is 3.50. The summed E-state index contributed by atoms with van der Waals surface area (Å²) in [5.41, 5.74) is -2.44. The number of aliphatic hydroxyl groups is 1. The molecule has 7 nitrogen and oxygen atoms in total. The van der Waals surface area contributed by atoms with E-state index in [1.165, 1.54) is 6.07 Å². The van der Waals surface area contributed by atoms with Gasteiger partial charge in [0.2, 0.25) is 0 Å². The molecule has 1 saturated carbocycles. The van der Waals surface area contributed by atoms with E-state index in [0.717, 1.165) is 6.42 Å². The lowest BCUT2D eigenvalue weighted by Gasteiger charge is -2.52. The normalized spacial score (nSPS) is 26.3. The van der Waals surface area contributed by atoms with Gasteiger partial charge in [-0.25, -0.2) is 17.2 Å². The fourth-order valence-electron chi connectivity index (χ4n) is 5.91. The van der Waals surface area contributed by atoms with Crippen molar-refractivity contribution in [3.8, 4) is 0 Å². The van der Waals surface area contributed by atoms with Crippen LogP contribution in [0.5, 0.6) is 0 Å². The third-order valence-corrected chi connectivity index (χ3v) is 7.17. The summed E-state index contributed by atoms with van der Waals surface area (Å²) in [5, 5.41) is 15.1. The Balaban J connectivity index is 1.74. The summed E-state index contributed by atoms with van der Waals surface area (Å²) in [6.07, 6.45) is 2.04. The molecule has 1 aliphatic carbocycles. The van der Waals surface area contributed by atoms with Crippen molar-refractivity contribution in [2.24, 2.45) is 10.8 Å². The van der Waals surface area contributed by atoms with E-state index in [1.54, 1.807) is 4.90 Å². The van der Waals surface area contributed by atoms with Crippen LogP contribution >= 0.6 is 0 Å². The van der Waals surface area contributed by atoms with Crippen LogP contribution < -0.4 is 0 Å². The van der Waals surface area contributed by atoms with Crippen molar-refractivity contribution in [3.05, 3.63) is 17.5 Å². The Morgan fingerprint density at radius 1 is 1.26 bits per heavy atom. The van der Waals surface area contributed by atoms with E-state index < -0.39 is 50.8 Å². The second-order valence-corrected chi connectivity index (χ2v) is 12.5. The van der Waals surface area contributed by atoms with Crippen LogP contribution in [0.3, 0.4) is 0 Å². The molecule has 3 rings (SSSR count). The summed E-state index contributed by atoms with van der Waals surface area (Å²) in [4.78, 5) is 1.62. The molecule has 0 bridgehead atoms. The predicted molar refractivity (Wildman–Crippen MR) is 110 cm³/mol. The zero-order valence-electron chi connectivity index (χ0n) is 18.7. The number of hydrogen-bond acceptors (Lipinski definition) is 7. The van der Waals surface area contributed by atoms with Crippen LogP contribution in [0.4, 0.5) is 8.78 Å². The summed E-state index contributed by atoms with van der Waals surface area (Å²) >= 11 is 0. The minimum absolute atomic E-state index is 0.0344. The molecule has 10 heteroatoms. The van der Waals surface area contributed by atoms with Gasteiger partial charge in [-0.3, -0.25) is 4.90 Å². The first-order valence-electron chi connectivity index (χ1n) is 10.7. The van der Waals surface area contributed by atoms with Crippen molar-refractivity contribution >= 4 is 10.1 Å². The van der Waals surface area contributed by atoms with Crippen molar-refractivity contribution in [1.82, 2.24) is 10.1 Å². The van der Waals surface area contributed by atoms with Crippen LogP contribution in [0.2, 0.25) is 0 Å². The van der Waals surface area contributed by atoms with E-state index in [9.17, 15) is 18.1 Å². The number of aromatic nitrogens is 1. The van der Waals surface area contributed by atoms with Crippen LogP contribution in [0.1, 0.15) is 77.3 Å². The maximum atomic E-state index is 15.5. The van der Waals surface area contributed by atoms with Crippen LogP contribution in [0.15, 0.2) is 10.6 Å². The highest BCUT2D eigenvalue weighted by Crippen LogP contribution is 2.55. The highest BCUT2D eigenvalue weighted by Gasteiger charge is 2.60. The summed E-state index contributed by atoms with van der Waals surface area (Å²) in [6, 6.07) is 1.13. The lowest BCUT2D eigenvalue weighted by Crippen LogP contribution is -2.60. The van der Waals surface area contributed by atoms with E-state index in [4.69, 9.17) is 4.52 Å². The van der Waals surface area contributed by atoms with Crippen molar-refractivity contribution in [1.29, 1.82) is 0 Å². The minimum atomic E-state index is -4.38. The second-order valence-electron chi connectivity index (χ2n) is 11.0. The Kier molecular flexibility index (Phi) is 6.36. The van der Waals surface area contributed by atoms with Crippen molar-refractivity contribution < 1.29 is 31.4 Å². The van der Waals surface area contributed by atoms with Crippen LogP contribution in [0.25, 0.3) is 0 Å². The van der Waals surface area contributed by atoms with Gasteiger partial charge in [0.25, 0.3) is 5.92 Å². The summed E-state index contributed by atoms with van der Waals surface area (Å²) in [7, 11) is -4.38. The van der Waals surface area contributed by atoms with E-state index in [0.29, 0.717) is 25.1 Å². The van der Waals surface area contributed by atoms with Crippen LogP contribution in [0, 0.1) is 10.8 Å². The Bertz CT molecular complexity index is 881. The quantitative estimate of drug-likeness (QED) is 0.617. The Hall–Kier alpha value is -1.10. The number of nitrogens with zero attached hydrogens (tertiary/aromatic N) is 2. The number of halogens is 2. The van der Waals surface area contributed by atoms with Crippen LogP contribution in [-0.4, -0.2) is 58.5 Å². The highest BCUT2D eigenvalue weighted by molar-refractivity contribution is 7.85. The topological polar surface area (TPSA) is 107 Å². The monoisotopic (exact) mass is 463 g/mol. The zero-order valence-corrected chi connectivity index (χ0v) is 19.5. The van der Waals surface area contributed by atoms with Gasteiger partial charge in [-0.1, -0.05) is 32.9 Å². The second kappa shape index (κ2) is 8.04. The molecule has 31 heavy (non-hydrogen) atoms. The first-order chi connectivity index (χ1) is 14.0. The number of aryl methyl sites for hydroxylation is 1. The molecule has 1 atom stereocenters.